The normalized spacial score (nSPS) is 14.9. The van der Waals surface area contributed by atoms with Crippen molar-refractivity contribution in [3.05, 3.63) is 58.7 Å². The quantitative estimate of drug-likeness (QED) is 0.436. The number of nitrogens with zero attached hydrogens (tertiary/aromatic N) is 2. The maximum atomic E-state index is 14.0. The van der Waals surface area contributed by atoms with Crippen LogP contribution >= 0.6 is 8.10 Å². The van der Waals surface area contributed by atoms with Crippen molar-refractivity contribution in [3.8, 4) is 0 Å². The fraction of sp³-hybridized carbons (Fsp3) is 0.538. The summed E-state index contributed by atoms with van der Waals surface area (Å²) in [6.07, 6.45) is 0. The van der Waals surface area contributed by atoms with Gasteiger partial charge < -0.3 is 0 Å². The fourth-order valence-electron chi connectivity index (χ4n) is 4.51. The Balaban J connectivity index is 2.12. The lowest BCUT2D eigenvalue weighted by Gasteiger charge is -2.23. The largest absolute Gasteiger partial charge is 0.595 e. The molecule has 4 heteroatoms. The van der Waals surface area contributed by atoms with E-state index in [4.69, 9.17) is 0 Å². The minimum atomic E-state index is -1.69. The maximum absolute atomic E-state index is 14.0. The molecule has 162 valence electrons. The standard InChI is InChI=1S/C26H38N2OP/c1-17(2)21-11-9-12-22(18(3)4)25(21)27-15-16-28(30(27)29)26-23(19(5)6)13-10-14-24(26)20(7)8/h9-14,17-20H,15-16H2,1-8H3/q+1. The molecule has 0 radical (unpaired) electrons. The summed E-state index contributed by atoms with van der Waals surface area (Å²) in [6.45, 7) is 19.4. The van der Waals surface area contributed by atoms with Crippen LogP contribution in [0.2, 0.25) is 0 Å². The summed E-state index contributed by atoms with van der Waals surface area (Å²) in [6, 6.07) is 13.1. The Morgan fingerprint density at radius 3 is 1.10 bits per heavy atom. The summed E-state index contributed by atoms with van der Waals surface area (Å²) in [5.74, 6) is 1.58. The Labute approximate surface area is 184 Å². The van der Waals surface area contributed by atoms with Gasteiger partial charge in [-0.15, -0.1) is 9.34 Å². The van der Waals surface area contributed by atoms with Gasteiger partial charge in [0.05, 0.1) is 24.5 Å². The van der Waals surface area contributed by atoms with E-state index in [9.17, 15) is 4.57 Å². The first-order valence-corrected chi connectivity index (χ1v) is 12.6. The number of benzene rings is 2. The zero-order valence-electron chi connectivity index (χ0n) is 19.9. The Kier molecular flexibility index (Phi) is 6.92. The minimum Gasteiger partial charge on any atom is -0.142 e. The average Bonchev–Trinajstić information content (AvgIpc) is 3.07. The van der Waals surface area contributed by atoms with Gasteiger partial charge in [0.2, 0.25) is 0 Å². The molecule has 0 atom stereocenters. The molecule has 2 aromatic carbocycles. The van der Waals surface area contributed by atoms with Gasteiger partial charge in [0.1, 0.15) is 0 Å². The highest BCUT2D eigenvalue weighted by atomic mass is 31.1. The molecule has 3 nitrogen and oxygen atoms in total. The summed E-state index contributed by atoms with van der Waals surface area (Å²) in [7, 11) is -1.69. The van der Waals surface area contributed by atoms with Crippen LogP contribution in [0.4, 0.5) is 11.4 Å². The highest BCUT2D eigenvalue weighted by Gasteiger charge is 2.47. The predicted molar refractivity (Wildman–Crippen MR) is 132 cm³/mol. The molecule has 0 amide bonds. The first-order valence-electron chi connectivity index (χ1n) is 11.4. The van der Waals surface area contributed by atoms with Crippen molar-refractivity contribution in [2.75, 3.05) is 22.4 Å². The number of hydrogen-bond donors (Lipinski definition) is 0. The summed E-state index contributed by atoms with van der Waals surface area (Å²) < 4.78 is 18.4. The molecule has 1 fully saturated rings. The highest BCUT2D eigenvalue weighted by molar-refractivity contribution is 7.49. The second-order valence-electron chi connectivity index (χ2n) is 9.69. The Hall–Kier alpha value is -1.86. The molecule has 1 aliphatic rings. The summed E-state index contributed by atoms with van der Waals surface area (Å²) in [5, 5.41) is 0. The molecular weight excluding hydrogens is 387 g/mol. The summed E-state index contributed by atoms with van der Waals surface area (Å²) >= 11 is 0. The SMILES string of the molecule is CC(C)c1cccc(C(C)C)c1N1CCN(c2c(C(C)C)cccc2C(C)C)[P+]1=O. The molecule has 1 heterocycles. The van der Waals surface area contributed by atoms with Gasteiger partial charge in [-0.2, -0.15) is 0 Å². The topological polar surface area (TPSA) is 23.6 Å². The Morgan fingerprint density at radius 1 is 0.600 bits per heavy atom. The monoisotopic (exact) mass is 425 g/mol. The zero-order valence-corrected chi connectivity index (χ0v) is 20.8. The number of rotatable bonds is 6. The molecule has 0 spiro atoms. The second kappa shape index (κ2) is 9.10. The van der Waals surface area contributed by atoms with Gasteiger partial charge in [-0.05, 0) is 50.5 Å². The Morgan fingerprint density at radius 2 is 0.867 bits per heavy atom. The molecule has 30 heavy (non-hydrogen) atoms. The fourth-order valence-corrected chi connectivity index (χ4v) is 6.09. The molecule has 1 aliphatic heterocycles. The van der Waals surface area contributed by atoms with Crippen LogP contribution in [0, 0.1) is 0 Å². The van der Waals surface area contributed by atoms with Crippen LogP contribution in [0.1, 0.15) is 101 Å². The van der Waals surface area contributed by atoms with Gasteiger partial charge in [0.25, 0.3) is 0 Å². The molecular formula is C26H38N2OP+. The van der Waals surface area contributed by atoms with E-state index in [2.05, 4.69) is 101 Å². The molecule has 0 N–H and O–H groups in total. The third-order valence-electron chi connectivity index (χ3n) is 6.14. The van der Waals surface area contributed by atoms with Crippen molar-refractivity contribution in [2.24, 2.45) is 0 Å². The second-order valence-corrected chi connectivity index (χ2v) is 11.2. The van der Waals surface area contributed by atoms with Crippen LogP contribution in [0.3, 0.4) is 0 Å². The van der Waals surface area contributed by atoms with E-state index in [0.717, 1.165) is 13.1 Å². The molecule has 0 unspecified atom stereocenters. The molecule has 3 rings (SSSR count). The van der Waals surface area contributed by atoms with Crippen molar-refractivity contribution in [1.29, 1.82) is 0 Å². The summed E-state index contributed by atoms with van der Waals surface area (Å²) in [4.78, 5) is 0. The molecule has 1 saturated heterocycles. The van der Waals surface area contributed by atoms with Gasteiger partial charge in [0.15, 0.2) is 0 Å². The number of anilines is 2. The zero-order chi connectivity index (χ0) is 22.2. The lowest BCUT2D eigenvalue weighted by atomic mass is 9.92. The van der Waals surface area contributed by atoms with Crippen molar-refractivity contribution in [3.63, 3.8) is 0 Å². The van der Waals surface area contributed by atoms with Crippen LogP contribution in [0.15, 0.2) is 36.4 Å². The van der Waals surface area contributed by atoms with E-state index in [-0.39, 0.29) is 0 Å². The highest BCUT2D eigenvalue weighted by Crippen LogP contribution is 2.51. The molecule has 0 aromatic heterocycles. The van der Waals surface area contributed by atoms with E-state index in [1.54, 1.807) is 0 Å². The van der Waals surface area contributed by atoms with Gasteiger partial charge >= 0.3 is 8.10 Å². The first kappa shape index (κ1) is 22.8. The van der Waals surface area contributed by atoms with Crippen LogP contribution in [-0.2, 0) is 4.57 Å². The van der Waals surface area contributed by atoms with Gasteiger partial charge in [-0.25, -0.2) is 0 Å². The summed E-state index contributed by atoms with van der Waals surface area (Å²) in [5.41, 5.74) is 7.58. The molecule has 2 aromatic rings. The van der Waals surface area contributed by atoms with Crippen molar-refractivity contribution < 1.29 is 4.57 Å². The lowest BCUT2D eigenvalue weighted by Crippen LogP contribution is -2.16. The Bertz CT molecular complexity index is 791. The van der Waals surface area contributed by atoms with Gasteiger partial charge in [0, 0.05) is 0 Å². The van der Waals surface area contributed by atoms with Crippen molar-refractivity contribution in [1.82, 2.24) is 0 Å². The number of para-hydroxylation sites is 2. The smallest absolute Gasteiger partial charge is 0.142 e. The predicted octanol–water partition coefficient (Wildman–Crippen LogP) is 8.16. The molecule has 0 aliphatic carbocycles. The number of hydrogen-bond acceptors (Lipinski definition) is 1. The first-order chi connectivity index (χ1) is 14.1. The van der Waals surface area contributed by atoms with E-state index >= 15 is 0 Å². The minimum absolute atomic E-state index is 0.394. The maximum Gasteiger partial charge on any atom is 0.595 e. The van der Waals surface area contributed by atoms with E-state index < -0.39 is 8.10 Å². The van der Waals surface area contributed by atoms with E-state index in [1.165, 1.54) is 33.6 Å². The molecule has 0 bridgehead atoms. The van der Waals surface area contributed by atoms with Crippen LogP contribution in [-0.4, -0.2) is 13.1 Å². The van der Waals surface area contributed by atoms with E-state index in [1.807, 2.05) is 0 Å². The van der Waals surface area contributed by atoms with Crippen LogP contribution in [0.25, 0.3) is 0 Å². The van der Waals surface area contributed by atoms with Crippen molar-refractivity contribution >= 4 is 19.5 Å². The van der Waals surface area contributed by atoms with Crippen LogP contribution in [0.5, 0.6) is 0 Å². The van der Waals surface area contributed by atoms with Crippen molar-refractivity contribution in [2.45, 2.75) is 79.1 Å². The van der Waals surface area contributed by atoms with E-state index in [0.29, 0.717) is 23.7 Å². The average molecular weight is 426 g/mol. The third-order valence-corrected chi connectivity index (χ3v) is 7.76. The van der Waals surface area contributed by atoms with Crippen LogP contribution < -0.4 is 9.34 Å². The van der Waals surface area contributed by atoms with Gasteiger partial charge in [-0.1, -0.05) is 91.8 Å². The van der Waals surface area contributed by atoms with Gasteiger partial charge in [-0.3, -0.25) is 0 Å². The third kappa shape index (κ3) is 4.14. The lowest BCUT2D eigenvalue weighted by molar-refractivity contribution is 0.587. The molecule has 0 saturated carbocycles.